The van der Waals surface area contributed by atoms with E-state index < -0.39 is 43.4 Å². The van der Waals surface area contributed by atoms with Crippen LogP contribution in [0.1, 0.15) is 22.8 Å². The van der Waals surface area contributed by atoms with Crippen LogP contribution in [-0.2, 0) is 9.47 Å². The van der Waals surface area contributed by atoms with Crippen molar-refractivity contribution in [2.75, 3.05) is 27.9 Å². The molecule has 3 aromatic rings. The number of aliphatic hydroxyl groups is 5. The van der Waals surface area contributed by atoms with Gasteiger partial charge in [0.1, 0.15) is 47.4 Å². The van der Waals surface area contributed by atoms with Gasteiger partial charge in [-0.1, -0.05) is 0 Å². The molecule has 3 heterocycles. The standard InChI is InChI=1S/C32H32O14/c1-40-19-6-13(4-5-17(19)35)18-11-16-25-20(43-18)9-15(34)10-21(25)44-30(14-7-22(41-2)26(36)23(8-14)42-3)31(16)46-32-29(39)28(38)27(37)24(12-33)45-32/h4-11,24,27-30,32-39H,12H2,1-3H3/p+1/t24-,27-,28+,29-,30?,32+/m1/s1. The Morgan fingerprint density at radius 1 is 0.870 bits per heavy atom. The summed E-state index contributed by atoms with van der Waals surface area (Å²) >= 11 is 0. The summed E-state index contributed by atoms with van der Waals surface area (Å²) in [5.74, 6) is 0.542. The molecule has 3 aromatic carbocycles. The van der Waals surface area contributed by atoms with Crippen LogP contribution in [0.5, 0.6) is 46.0 Å². The number of aliphatic hydroxyl groups excluding tert-OH is 4. The van der Waals surface area contributed by atoms with Crippen LogP contribution in [0.25, 0.3) is 11.3 Å². The highest BCUT2D eigenvalue weighted by atomic mass is 16.7. The molecule has 1 saturated heterocycles. The molecular formula is C32H33O14+. The van der Waals surface area contributed by atoms with Crippen molar-refractivity contribution in [1.29, 1.82) is 0 Å². The maximum Gasteiger partial charge on any atom is 0.297 e. The maximum atomic E-state index is 10.9. The lowest BCUT2D eigenvalue weighted by atomic mass is 9.91. The summed E-state index contributed by atoms with van der Waals surface area (Å²) in [7, 11) is 4.23. The van der Waals surface area contributed by atoms with Crippen molar-refractivity contribution >= 4 is 11.3 Å². The molecule has 1 unspecified atom stereocenters. The molecule has 0 radical (unpaired) electrons. The molecule has 46 heavy (non-hydrogen) atoms. The monoisotopic (exact) mass is 641 g/mol. The van der Waals surface area contributed by atoms with Gasteiger partial charge in [0, 0.05) is 34.9 Å². The van der Waals surface area contributed by atoms with Gasteiger partial charge in [0.2, 0.25) is 17.8 Å². The number of allylic oxidation sites excluding steroid dienone is 2. The summed E-state index contributed by atoms with van der Waals surface area (Å²) in [6, 6.07) is 10.4. The molecule has 3 aliphatic heterocycles. The summed E-state index contributed by atoms with van der Waals surface area (Å²) < 4.78 is 39.4. The lowest BCUT2D eigenvalue weighted by molar-refractivity contribution is -0.293. The molecule has 6 atom stereocenters. The minimum absolute atomic E-state index is 0.0264. The summed E-state index contributed by atoms with van der Waals surface area (Å²) in [4.78, 5) is 0. The highest BCUT2D eigenvalue weighted by Gasteiger charge is 2.47. The zero-order chi connectivity index (χ0) is 32.9. The van der Waals surface area contributed by atoms with Crippen LogP contribution in [0.2, 0.25) is 0 Å². The number of ether oxygens (including phenoxy) is 7. The van der Waals surface area contributed by atoms with Crippen molar-refractivity contribution in [1.82, 2.24) is 0 Å². The van der Waals surface area contributed by atoms with Crippen molar-refractivity contribution in [3.63, 3.8) is 0 Å². The first-order valence-corrected chi connectivity index (χ1v) is 14.1. The van der Waals surface area contributed by atoms with Gasteiger partial charge in [-0.15, -0.1) is 0 Å². The first-order chi connectivity index (χ1) is 22.1. The Morgan fingerprint density at radius 2 is 1.57 bits per heavy atom. The summed E-state index contributed by atoms with van der Waals surface area (Å²) in [5, 5.41) is 73.0. The van der Waals surface area contributed by atoms with Crippen LogP contribution in [0.4, 0.5) is 0 Å². The van der Waals surface area contributed by atoms with E-state index in [0.29, 0.717) is 28.0 Å². The third kappa shape index (κ3) is 5.25. The van der Waals surface area contributed by atoms with Crippen LogP contribution in [0, 0.1) is 0 Å². The van der Waals surface area contributed by atoms with Gasteiger partial charge in [0.25, 0.3) is 5.75 Å². The first kappa shape index (κ1) is 31.1. The number of hydrogen-bond acceptors (Lipinski definition) is 13. The van der Waals surface area contributed by atoms with Crippen LogP contribution in [-0.4, -0.2) is 99.1 Å². The summed E-state index contributed by atoms with van der Waals surface area (Å²) in [5.41, 5.74) is 1.57. The smallest absolute Gasteiger partial charge is 0.297 e. The van der Waals surface area contributed by atoms with Crippen molar-refractivity contribution in [2.45, 2.75) is 36.8 Å². The third-order valence-corrected chi connectivity index (χ3v) is 7.96. The van der Waals surface area contributed by atoms with Gasteiger partial charge in [-0.25, -0.2) is 0 Å². The average Bonchev–Trinajstić information content (AvgIpc) is 3.05. The number of benzene rings is 3. The molecule has 14 heteroatoms. The molecule has 3 aliphatic rings. The predicted molar refractivity (Wildman–Crippen MR) is 159 cm³/mol. The number of hydrogen-bond donors (Lipinski definition) is 7. The largest absolute Gasteiger partial charge is 0.582 e. The molecule has 0 aromatic heterocycles. The first-order valence-electron chi connectivity index (χ1n) is 14.1. The van der Waals surface area contributed by atoms with Gasteiger partial charge in [-0.05, 0) is 30.3 Å². The van der Waals surface area contributed by atoms with Gasteiger partial charge in [0.05, 0.1) is 26.4 Å². The maximum absolute atomic E-state index is 10.9. The van der Waals surface area contributed by atoms with E-state index in [2.05, 4.69) is 4.74 Å². The summed E-state index contributed by atoms with van der Waals surface area (Å²) in [6.07, 6.45) is -7.54. The Bertz CT molecular complexity index is 1690. The van der Waals surface area contributed by atoms with E-state index in [1.165, 1.54) is 51.7 Å². The van der Waals surface area contributed by atoms with E-state index >= 15 is 0 Å². The van der Waals surface area contributed by atoms with Crippen LogP contribution in [0.3, 0.4) is 0 Å². The second-order valence-electron chi connectivity index (χ2n) is 10.7. The number of phenols is 3. The average molecular weight is 642 g/mol. The Balaban J connectivity index is 1.59. The van der Waals surface area contributed by atoms with Crippen LogP contribution >= 0.6 is 0 Å². The van der Waals surface area contributed by atoms with E-state index in [4.69, 9.17) is 28.4 Å². The van der Waals surface area contributed by atoms with Crippen molar-refractivity contribution in [3.8, 4) is 46.0 Å². The molecule has 8 N–H and O–H groups in total. The van der Waals surface area contributed by atoms with E-state index in [1.54, 1.807) is 18.2 Å². The van der Waals surface area contributed by atoms with Gasteiger partial charge < -0.3 is 68.9 Å². The van der Waals surface area contributed by atoms with Gasteiger partial charge in [0.15, 0.2) is 30.5 Å². The van der Waals surface area contributed by atoms with E-state index in [-0.39, 0.29) is 51.8 Å². The zero-order valence-electron chi connectivity index (χ0n) is 24.8. The Hall–Kier alpha value is -4.86. The number of phenolic OH excluding ortho intramolecular Hbond substituents is 3. The SMILES string of the molecule is COc1cc(C2Oc3cc(O)cc4c3C(=C2O[C@@H]2O[C@H](CO)[C@@H](O)[C@H](O)[C@H]2O)C=C(c2ccc(O)c([OH+]C)c2)O4)cc(OC)c1O. The Kier molecular flexibility index (Phi) is 8.22. The van der Waals surface area contributed by atoms with Crippen LogP contribution in [0.15, 0.2) is 54.3 Å². The molecule has 0 amide bonds. The Morgan fingerprint density at radius 3 is 2.22 bits per heavy atom. The van der Waals surface area contributed by atoms with Crippen molar-refractivity contribution in [3.05, 3.63) is 71.0 Å². The van der Waals surface area contributed by atoms with E-state index in [0.717, 1.165) is 0 Å². The fraction of sp³-hybridized carbons (Fsp3) is 0.312. The fourth-order valence-electron chi connectivity index (χ4n) is 5.58. The molecule has 14 nitrogen and oxygen atoms in total. The predicted octanol–water partition coefficient (Wildman–Crippen LogP) is 1.79. The zero-order valence-corrected chi connectivity index (χ0v) is 24.8. The van der Waals surface area contributed by atoms with Gasteiger partial charge in [-0.2, -0.15) is 0 Å². The molecule has 0 aliphatic carbocycles. The molecule has 6 rings (SSSR count). The molecule has 0 bridgehead atoms. The minimum atomic E-state index is -1.76. The second-order valence-corrected chi connectivity index (χ2v) is 10.7. The lowest BCUT2D eigenvalue weighted by Gasteiger charge is -2.42. The van der Waals surface area contributed by atoms with Crippen molar-refractivity contribution in [2.24, 2.45) is 0 Å². The normalized spacial score (nSPS) is 25.1. The van der Waals surface area contributed by atoms with E-state index in [9.17, 15) is 35.7 Å². The number of aromatic hydroxyl groups is 4. The highest BCUT2D eigenvalue weighted by molar-refractivity contribution is 5.93. The van der Waals surface area contributed by atoms with Crippen LogP contribution < -0.4 is 18.9 Å². The quantitative estimate of drug-likeness (QED) is 0.138. The Labute approximate surface area is 262 Å². The lowest BCUT2D eigenvalue weighted by Crippen LogP contribution is -2.59. The highest BCUT2D eigenvalue weighted by Crippen LogP contribution is 2.54. The molecule has 1 fully saturated rings. The molecule has 0 spiro atoms. The molecular weight excluding hydrogens is 608 g/mol. The number of methoxy groups -OCH3 is 2. The molecule has 0 saturated carbocycles. The fourth-order valence-corrected chi connectivity index (χ4v) is 5.58. The molecule has 244 valence electrons. The second kappa shape index (κ2) is 12.2. The minimum Gasteiger partial charge on any atom is -0.582 e. The topological polar surface area (TPSA) is 210 Å². The third-order valence-electron chi connectivity index (χ3n) is 7.96. The number of rotatable bonds is 8. The van der Waals surface area contributed by atoms with Crippen molar-refractivity contribution < 1.29 is 68.9 Å². The summed E-state index contributed by atoms with van der Waals surface area (Å²) in [6.45, 7) is -0.682. The van der Waals surface area contributed by atoms with Gasteiger partial charge in [-0.3, -0.25) is 0 Å². The van der Waals surface area contributed by atoms with Gasteiger partial charge >= 0.3 is 0 Å². The van der Waals surface area contributed by atoms with E-state index in [1.807, 2.05) is 0 Å².